The largest absolute Gasteiger partial charge is 0.338 e. The molecule has 1 saturated heterocycles. The summed E-state index contributed by atoms with van der Waals surface area (Å²) in [6.45, 7) is 3.21. The molecular formula is C25H30N2O2S. The number of thioether (sulfide) groups is 1. The fourth-order valence-corrected chi connectivity index (χ4v) is 5.68. The molecule has 0 bridgehead atoms. The minimum absolute atomic E-state index is 0.0182. The number of nitrogens with zero attached hydrogens (tertiary/aromatic N) is 1. The van der Waals surface area contributed by atoms with Crippen LogP contribution in [-0.2, 0) is 4.79 Å². The van der Waals surface area contributed by atoms with Gasteiger partial charge in [0.15, 0.2) is 0 Å². The zero-order valence-electron chi connectivity index (χ0n) is 17.6. The van der Waals surface area contributed by atoms with Crippen LogP contribution < -0.4 is 5.32 Å². The lowest BCUT2D eigenvalue weighted by molar-refractivity contribution is -0.121. The summed E-state index contributed by atoms with van der Waals surface area (Å²) in [5.41, 5.74) is 2.73. The molecule has 2 amide bonds. The minimum Gasteiger partial charge on any atom is -0.338 e. The van der Waals surface area contributed by atoms with Crippen LogP contribution in [0.25, 0.3) is 0 Å². The molecule has 0 aromatic heterocycles. The number of benzene rings is 2. The van der Waals surface area contributed by atoms with E-state index in [0.717, 1.165) is 29.0 Å². The van der Waals surface area contributed by atoms with E-state index in [1.807, 2.05) is 66.1 Å². The van der Waals surface area contributed by atoms with Gasteiger partial charge in [0.25, 0.3) is 5.91 Å². The Bertz CT molecular complexity index is 890. The number of likely N-dealkylation sites (tertiary alicyclic amines) is 1. The number of aryl methyl sites for hydroxylation is 1. The second-order valence-electron chi connectivity index (χ2n) is 8.47. The van der Waals surface area contributed by atoms with Crippen LogP contribution in [-0.4, -0.2) is 35.1 Å². The first-order chi connectivity index (χ1) is 14.6. The van der Waals surface area contributed by atoms with Crippen molar-refractivity contribution < 1.29 is 9.59 Å². The lowest BCUT2D eigenvalue weighted by Crippen LogP contribution is -2.43. The van der Waals surface area contributed by atoms with Crippen molar-refractivity contribution in [2.45, 2.75) is 55.6 Å². The smallest absolute Gasteiger partial charge is 0.253 e. The van der Waals surface area contributed by atoms with E-state index in [0.29, 0.717) is 23.9 Å². The Labute approximate surface area is 183 Å². The van der Waals surface area contributed by atoms with E-state index in [2.05, 4.69) is 11.4 Å². The summed E-state index contributed by atoms with van der Waals surface area (Å²) < 4.78 is 0. The van der Waals surface area contributed by atoms with Crippen molar-refractivity contribution in [2.75, 3.05) is 18.4 Å². The lowest BCUT2D eigenvalue weighted by Gasteiger charge is -2.32. The number of para-hydroxylation sites is 1. The predicted molar refractivity (Wildman–Crippen MR) is 123 cm³/mol. The van der Waals surface area contributed by atoms with Crippen molar-refractivity contribution in [3.8, 4) is 0 Å². The number of nitrogens with one attached hydrogen (secondary N) is 1. The maximum absolute atomic E-state index is 13.0. The van der Waals surface area contributed by atoms with Crippen molar-refractivity contribution in [1.82, 2.24) is 4.90 Å². The third-order valence-electron chi connectivity index (χ3n) is 6.12. The van der Waals surface area contributed by atoms with Crippen molar-refractivity contribution in [3.63, 3.8) is 0 Å². The quantitative estimate of drug-likeness (QED) is 0.690. The lowest BCUT2D eigenvalue weighted by atomic mass is 9.96. The van der Waals surface area contributed by atoms with Crippen LogP contribution in [0, 0.1) is 12.8 Å². The minimum atomic E-state index is -0.169. The number of hydrogen-bond acceptors (Lipinski definition) is 3. The monoisotopic (exact) mass is 422 g/mol. The van der Waals surface area contributed by atoms with Crippen molar-refractivity contribution in [2.24, 2.45) is 5.92 Å². The van der Waals surface area contributed by atoms with Crippen LogP contribution in [0.3, 0.4) is 0 Å². The molecule has 1 heterocycles. The van der Waals surface area contributed by atoms with E-state index in [9.17, 15) is 9.59 Å². The van der Waals surface area contributed by atoms with Gasteiger partial charge in [0, 0.05) is 28.8 Å². The van der Waals surface area contributed by atoms with Gasteiger partial charge in [-0.3, -0.25) is 9.59 Å². The number of carbonyl (C=O) groups excluding carboxylic acids is 2. The van der Waals surface area contributed by atoms with Gasteiger partial charge < -0.3 is 10.2 Å². The van der Waals surface area contributed by atoms with Gasteiger partial charge in [-0.1, -0.05) is 42.7 Å². The fraction of sp³-hybridized carbons (Fsp3) is 0.440. The van der Waals surface area contributed by atoms with Gasteiger partial charge in [-0.25, -0.2) is 0 Å². The zero-order chi connectivity index (χ0) is 20.9. The SMILES string of the molecule is Cc1ccc(C(=O)N2CCCC(C(=O)Nc3ccccc3SC3CCCC3)C2)cc1. The first-order valence-corrected chi connectivity index (χ1v) is 11.9. The maximum Gasteiger partial charge on any atom is 0.253 e. The Hall–Kier alpha value is -2.27. The van der Waals surface area contributed by atoms with Gasteiger partial charge in [-0.2, -0.15) is 0 Å². The molecule has 1 aliphatic heterocycles. The molecule has 1 unspecified atom stereocenters. The van der Waals surface area contributed by atoms with Crippen molar-refractivity contribution in [3.05, 3.63) is 59.7 Å². The summed E-state index contributed by atoms with van der Waals surface area (Å²) in [4.78, 5) is 28.9. The molecular weight excluding hydrogens is 392 g/mol. The van der Waals surface area contributed by atoms with Crippen molar-refractivity contribution in [1.29, 1.82) is 0 Å². The number of rotatable bonds is 5. The molecule has 1 N–H and O–H groups in total. The number of carbonyl (C=O) groups is 2. The first-order valence-electron chi connectivity index (χ1n) is 11.0. The molecule has 1 saturated carbocycles. The highest BCUT2D eigenvalue weighted by molar-refractivity contribution is 8.00. The molecule has 1 atom stereocenters. The second kappa shape index (κ2) is 9.69. The summed E-state index contributed by atoms with van der Waals surface area (Å²) in [6, 6.07) is 15.8. The Balaban J connectivity index is 1.40. The van der Waals surface area contributed by atoms with Gasteiger partial charge in [0.1, 0.15) is 0 Å². The van der Waals surface area contributed by atoms with Crippen molar-refractivity contribution >= 4 is 29.3 Å². The van der Waals surface area contributed by atoms with E-state index in [4.69, 9.17) is 0 Å². The molecule has 4 nitrogen and oxygen atoms in total. The van der Waals surface area contributed by atoms with E-state index in [1.165, 1.54) is 25.7 Å². The summed E-state index contributed by atoms with van der Waals surface area (Å²) in [6.07, 6.45) is 6.80. The topological polar surface area (TPSA) is 49.4 Å². The highest BCUT2D eigenvalue weighted by atomic mass is 32.2. The molecule has 158 valence electrons. The average molecular weight is 423 g/mol. The Morgan fingerprint density at radius 3 is 2.47 bits per heavy atom. The van der Waals surface area contributed by atoms with Crippen LogP contribution in [0.1, 0.15) is 54.4 Å². The highest BCUT2D eigenvalue weighted by Gasteiger charge is 2.29. The molecule has 0 radical (unpaired) electrons. The molecule has 2 aliphatic rings. The third-order valence-corrected chi connectivity index (χ3v) is 7.53. The molecule has 5 heteroatoms. The second-order valence-corrected chi connectivity index (χ2v) is 9.81. The van der Waals surface area contributed by atoms with Crippen LogP contribution in [0.4, 0.5) is 5.69 Å². The number of anilines is 1. The van der Waals surface area contributed by atoms with Crippen LogP contribution in [0.15, 0.2) is 53.4 Å². The highest BCUT2D eigenvalue weighted by Crippen LogP contribution is 2.38. The third kappa shape index (κ3) is 5.07. The average Bonchev–Trinajstić information content (AvgIpc) is 3.28. The van der Waals surface area contributed by atoms with E-state index < -0.39 is 0 Å². The van der Waals surface area contributed by atoms with E-state index in [-0.39, 0.29) is 17.7 Å². The van der Waals surface area contributed by atoms with E-state index >= 15 is 0 Å². The molecule has 2 aromatic rings. The predicted octanol–water partition coefficient (Wildman–Crippen LogP) is 5.52. The van der Waals surface area contributed by atoms with Gasteiger partial charge >= 0.3 is 0 Å². The fourth-order valence-electron chi connectivity index (χ4n) is 4.35. The van der Waals surface area contributed by atoms with Crippen LogP contribution in [0.5, 0.6) is 0 Å². The normalized spacial score (nSPS) is 19.6. The van der Waals surface area contributed by atoms with Crippen LogP contribution in [0.2, 0.25) is 0 Å². The summed E-state index contributed by atoms with van der Waals surface area (Å²) >= 11 is 1.89. The molecule has 2 fully saturated rings. The molecule has 1 aliphatic carbocycles. The van der Waals surface area contributed by atoms with E-state index in [1.54, 1.807) is 0 Å². The summed E-state index contributed by atoms with van der Waals surface area (Å²) in [5, 5.41) is 3.82. The standard InChI is InChI=1S/C25H30N2O2S/c1-18-12-14-19(15-13-18)25(29)27-16-6-7-20(17-27)24(28)26-22-10-4-5-11-23(22)30-21-8-2-3-9-21/h4-5,10-15,20-21H,2-3,6-9,16-17H2,1H3,(H,26,28). The number of hydrogen-bond donors (Lipinski definition) is 1. The molecule has 30 heavy (non-hydrogen) atoms. The molecule has 0 spiro atoms. The summed E-state index contributed by atoms with van der Waals surface area (Å²) in [7, 11) is 0. The first kappa shape index (κ1) is 21.0. The van der Waals surface area contributed by atoms with Gasteiger partial charge in [0.2, 0.25) is 5.91 Å². The summed E-state index contributed by atoms with van der Waals surface area (Å²) in [5.74, 6) is -0.127. The Morgan fingerprint density at radius 2 is 1.70 bits per heavy atom. The molecule has 4 rings (SSSR count). The van der Waals surface area contributed by atoms with Crippen LogP contribution >= 0.6 is 11.8 Å². The Kier molecular flexibility index (Phi) is 6.78. The number of amides is 2. The number of piperidine rings is 1. The van der Waals surface area contributed by atoms with Gasteiger partial charge in [-0.15, -0.1) is 11.8 Å². The maximum atomic E-state index is 13.0. The zero-order valence-corrected chi connectivity index (χ0v) is 18.4. The molecule has 2 aromatic carbocycles. The van der Waals surface area contributed by atoms with Gasteiger partial charge in [0.05, 0.1) is 11.6 Å². The Morgan fingerprint density at radius 1 is 0.967 bits per heavy atom. The van der Waals surface area contributed by atoms with Gasteiger partial charge in [-0.05, 0) is 56.9 Å².